The van der Waals surface area contributed by atoms with Gasteiger partial charge in [0.2, 0.25) is 0 Å². The van der Waals surface area contributed by atoms with Gasteiger partial charge in [0.05, 0.1) is 0 Å². The smallest absolute Gasteiger partial charge is 0.408 e. The van der Waals surface area contributed by atoms with E-state index in [4.69, 9.17) is 25.8 Å². The van der Waals surface area contributed by atoms with E-state index in [1.165, 1.54) is 0 Å². The quantitative estimate of drug-likeness (QED) is 0.309. The van der Waals surface area contributed by atoms with E-state index in [0.29, 0.717) is 42.1 Å². The largest absolute Gasteiger partial charge is 0.444 e. The first-order valence-electron chi connectivity index (χ1n) is 10.6. The summed E-state index contributed by atoms with van der Waals surface area (Å²) in [6, 6.07) is 3.99. The Labute approximate surface area is 195 Å². The lowest BCUT2D eigenvalue weighted by Gasteiger charge is -2.23. The molecule has 8 nitrogen and oxygen atoms in total. The number of unbranched alkanes of at least 4 members (excludes halogenated alkanes) is 1. The average Bonchev–Trinajstić information content (AvgIpc) is 2.59. The molecule has 1 atom stereocenters. The number of benzene rings is 1. The number of carbonyl (C=O) groups is 3. The zero-order chi connectivity index (χ0) is 24.5. The highest BCUT2D eigenvalue weighted by molar-refractivity contribution is 6.30. The van der Waals surface area contributed by atoms with E-state index < -0.39 is 35.4 Å². The number of ether oxygens (including phenoxy) is 3. The first-order valence-corrected chi connectivity index (χ1v) is 11.0. The molecule has 0 saturated heterocycles. The Kier molecular flexibility index (Phi) is 10.3. The summed E-state index contributed by atoms with van der Waals surface area (Å²) < 4.78 is 15.9. The Morgan fingerprint density at radius 3 is 2.12 bits per heavy atom. The fourth-order valence-electron chi connectivity index (χ4n) is 2.58. The maximum atomic E-state index is 12.8. The lowest BCUT2D eigenvalue weighted by molar-refractivity contribution is -0.137. The molecule has 1 aromatic carbocycles. The summed E-state index contributed by atoms with van der Waals surface area (Å²) in [4.78, 5) is 36.7. The van der Waals surface area contributed by atoms with Gasteiger partial charge in [-0.3, -0.25) is 0 Å². The monoisotopic (exact) mass is 470 g/mol. The van der Waals surface area contributed by atoms with Crippen LogP contribution < -0.4 is 15.4 Å². The van der Waals surface area contributed by atoms with Crippen LogP contribution in [0.25, 0.3) is 0 Å². The van der Waals surface area contributed by atoms with Crippen LogP contribution in [0.4, 0.5) is 9.59 Å². The number of carbonyl (C=O) groups excluding carboxylic acids is 3. The van der Waals surface area contributed by atoms with Gasteiger partial charge in [-0.15, -0.1) is 0 Å². The third kappa shape index (κ3) is 11.8. The minimum Gasteiger partial charge on any atom is -0.444 e. The second-order valence-corrected chi connectivity index (χ2v) is 9.89. The van der Waals surface area contributed by atoms with Crippen LogP contribution in [0.5, 0.6) is 5.75 Å². The van der Waals surface area contributed by atoms with Crippen molar-refractivity contribution in [1.82, 2.24) is 10.6 Å². The Balaban J connectivity index is 2.68. The Morgan fingerprint density at radius 2 is 1.56 bits per heavy atom. The predicted octanol–water partition coefficient (Wildman–Crippen LogP) is 5.14. The number of hydrogen-bond donors (Lipinski definition) is 2. The van der Waals surface area contributed by atoms with Gasteiger partial charge in [-0.05, 0) is 91.5 Å². The lowest BCUT2D eigenvalue weighted by Crippen LogP contribution is -2.45. The number of esters is 1. The fourth-order valence-corrected chi connectivity index (χ4v) is 2.81. The van der Waals surface area contributed by atoms with Crippen molar-refractivity contribution in [3.63, 3.8) is 0 Å². The first kappa shape index (κ1) is 27.6. The summed E-state index contributed by atoms with van der Waals surface area (Å²) in [6.45, 7) is 12.7. The van der Waals surface area contributed by atoms with Gasteiger partial charge in [-0.1, -0.05) is 11.6 Å². The maximum Gasteiger partial charge on any atom is 0.408 e. The van der Waals surface area contributed by atoms with Crippen molar-refractivity contribution in [2.24, 2.45) is 0 Å². The van der Waals surface area contributed by atoms with E-state index in [1.807, 2.05) is 0 Å². The van der Waals surface area contributed by atoms with Crippen molar-refractivity contribution in [2.75, 3.05) is 6.54 Å². The van der Waals surface area contributed by atoms with Crippen LogP contribution in [0.2, 0.25) is 5.02 Å². The second-order valence-electron chi connectivity index (χ2n) is 9.45. The molecular formula is C23H35ClN2O6. The van der Waals surface area contributed by atoms with Gasteiger partial charge in [0.25, 0.3) is 0 Å². The molecule has 0 aliphatic heterocycles. The maximum absolute atomic E-state index is 12.8. The molecule has 0 aromatic heterocycles. The minimum atomic E-state index is -0.915. The number of hydrogen-bond acceptors (Lipinski definition) is 6. The summed E-state index contributed by atoms with van der Waals surface area (Å²) >= 11 is 5.95. The summed E-state index contributed by atoms with van der Waals surface area (Å²) in [5, 5.41) is 5.78. The molecule has 2 amide bonds. The molecule has 0 fully saturated rings. The third-order valence-corrected chi connectivity index (χ3v) is 4.15. The molecule has 0 aliphatic carbocycles. The molecule has 0 unspecified atom stereocenters. The Bertz CT molecular complexity index is 799. The fraction of sp³-hybridized carbons (Fsp3) is 0.609. The molecule has 32 heavy (non-hydrogen) atoms. The van der Waals surface area contributed by atoms with Gasteiger partial charge < -0.3 is 24.8 Å². The zero-order valence-electron chi connectivity index (χ0n) is 20.0. The van der Waals surface area contributed by atoms with E-state index in [1.54, 1.807) is 66.7 Å². The van der Waals surface area contributed by atoms with E-state index >= 15 is 0 Å². The van der Waals surface area contributed by atoms with Gasteiger partial charge in [0, 0.05) is 11.6 Å². The van der Waals surface area contributed by atoms with Crippen LogP contribution in [0, 0.1) is 6.92 Å². The highest BCUT2D eigenvalue weighted by Crippen LogP contribution is 2.22. The number of nitrogens with one attached hydrogen (secondary N) is 2. The van der Waals surface area contributed by atoms with Gasteiger partial charge in [-0.25, -0.2) is 14.4 Å². The topological polar surface area (TPSA) is 103 Å². The molecule has 0 spiro atoms. The highest BCUT2D eigenvalue weighted by atomic mass is 35.5. The molecule has 9 heteroatoms. The molecule has 1 aromatic rings. The van der Waals surface area contributed by atoms with Crippen LogP contribution >= 0.6 is 11.6 Å². The second kappa shape index (κ2) is 11.9. The van der Waals surface area contributed by atoms with Gasteiger partial charge in [-0.2, -0.15) is 0 Å². The van der Waals surface area contributed by atoms with E-state index in [0.717, 1.165) is 0 Å². The van der Waals surface area contributed by atoms with Crippen molar-refractivity contribution in [3.8, 4) is 5.75 Å². The predicted molar refractivity (Wildman–Crippen MR) is 123 cm³/mol. The minimum absolute atomic E-state index is 0.306. The number of halogens is 1. The molecular weight excluding hydrogens is 436 g/mol. The van der Waals surface area contributed by atoms with Gasteiger partial charge >= 0.3 is 18.2 Å². The van der Waals surface area contributed by atoms with Crippen LogP contribution in [-0.2, 0) is 14.3 Å². The van der Waals surface area contributed by atoms with Crippen LogP contribution in [0.15, 0.2) is 18.2 Å². The average molecular weight is 471 g/mol. The van der Waals surface area contributed by atoms with Crippen LogP contribution in [-0.4, -0.2) is 41.9 Å². The third-order valence-electron chi connectivity index (χ3n) is 3.91. The molecule has 180 valence electrons. The number of amides is 2. The highest BCUT2D eigenvalue weighted by Gasteiger charge is 2.26. The molecule has 0 saturated carbocycles. The SMILES string of the molecule is Cc1cc(Cl)ccc1OC(=O)[C@H](CCCCNC(=O)OC(C)(C)C)NC(=O)OC(C)(C)C. The van der Waals surface area contributed by atoms with Crippen molar-refractivity contribution >= 4 is 29.8 Å². The first-order chi connectivity index (χ1) is 14.7. The Morgan fingerprint density at radius 1 is 0.969 bits per heavy atom. The molecule has 1 rings (SSSR count). The van der Waals surface area contributed by atoms with Gasteiger partial charge in [0.1, 0.15) is 23.0 Å². The lowest BCUT2D eigenvalue weighted by atomic mass is 10.1. The molecule has 0 bridgehead atoms. The van der Waals surface area contributed by atoms with Crippen LogP contribution in [0.3, 0.4) is 0 Å². The Hall–Kier alpha value is -2.48. The van der Waals surface area contributed by atoms with E-state index in [9.17, 15) is 14.4 Å². The molecule has 0 heterocycles. The number of alkyl carbamates (subject to hydrolysis) is 2. The zero-order valence-corrected chi connectivity index (χ0v) is 20.7. The molecule has 0 radical (unpaired) electrons. The summed E-state index contributed by atoms with van der Waals surface area (Å²) in [7, 11) is 0. The van der Waals surface area contributed by atoms with Crippen molar-refractivity contribution < 1.29 is 28.6 Å². The van der Waals surface area contributed by atoms with Crippen molar-refractivity contribution in [2.45, 2.75) is 85.0 Å². The van der Waals surface area contributed by atoms with E-state index in [2.05, 4.69) is 10.6 Å². The van der Waals surface area contributed by atoms with Crippen molar-refractivity contribution in [1.29, 1.82) is 0 Å². The number of aryl methyl sites for hydroxylation is 1. The van der Waals surface area contributed by atoms with Gasteiger partial charge in [0.15, 0.2) is 0 Å². The molecule has 2 N–H and O–H groups in total. The normalized spacial score (nSPS) is 12.5. The standard InChI is InChI=1S/C23H35ClN2O6/c1-15-14-16(24)11-12-18(15)30-19(27)17(26-21(29)32-23(5,6)7)10-8-9-13-25-20(28)31-22(2,3)4/h11-12,14,17H,8-10,13H2,1-7H3,(H,25,28)(H,26,29)/t17-/m0/s1. The van der Waals surface area contributed by atoms with Crippen LogP contribution in [0.1, 0.15) is 66.4 Å². The summed E-state index contributed by atoms with van der Waals surface area (Å²) in [6.07, 6.45) is 0.225. The summed E-state index contributed by atoms with van der Waals surface area (Å²) in [5.74, 6) is -0.247. The van der Waals surface area contributed by atoms with E-state index in [-0.39, 0.29) is 0 Å². The summed E-state index contributed by atoms with van der Waals surface area (Å²) in [5.41, 5.74) is -0.581. The number of rotatable bonds is 8. The molecule has 0 aliphatic rings. The van der Waals surface area contributed by atoms with Crippen molar-refractivity contribution in [3.05, 3.63) is 28.8 Å².